The lowest BCUT2D eigenvalue weighted by atomic mass is 10.3. The summed E-state index contributed by atoms with van der Waals surface area (Å²) in [5.41, 5.74) is 1.01. The number of thiazole rings is 1. The molecule has 0 saturated heterocycles. The maximum atomic E-state index is 11.3. The summed E-state index contributed by atoms with van der Waals surface area (Å²) in [6, 6.07) is -0.338. The van der Waals surface area contributed by atoms with Crippen LogP contribution in [0.3, 0.4) is 0 Å². The van der Waals surface area contributed by atoms with Crippen LogP contribution in [0.2, 0.25) is 0 Å². The fourth-order valence-electron chi connectivity index (χ4n) is 1.44. The van der Waals surface area contributed by atoms with Gasteiger partial charge in [-0.1, -0.05) is 0 Å². The SMILES string of the molecule is Cc1nc(C)c(CCNC(=O)NCCC(=O)O)s1. The molecule has 0 radical (unpaired) electrons. The molecule has 18 heavy (non-hydrogen) atoms. The number of amides is 2. The fourth-order valence-corrected chi connectivity index (χ4v) is 2.38. The Balaban J connectivity index is 2.19. The van der Waals surface area contributed by atoms with E-state index in [-0.39, 0.29) is 19.0 Å². The molecular weight excluding hydrogens is 254 g/mol. The van der Waals surface area contributed by atoms with Gasteiger partial charge < -0.3 is 15.7 Å². The van der Waals surface area contributed by atoms with Crippen LogP contribution in [0.1, 0.15) is 22.0 Å². The van der Waals surface area contributed by atoms with E-state index >= 15 is 0 Å². The van der Waals surface area contributed by atoms with E-state index in [1.807, 2.05) is 13.8 Å². The third-order valence-electron chi connectivity index (χ3n) is 2.26. The summed E-state index contributed by atoms with van der Waals surface area (Å²) in [5, 5.41) is 14.6. The molecule has 0 unspecified atom stereocenters. The van der Waals surface area contributed by atoms with Crippen LogP contribution < -0.4 is 10.6 Å². The van der Waals surface area contributed by atoms with E-state index in [1.165, 1.54) is 4.88 Å². The summed E-state index contributed by atoms with van der Waals surface area (Å²) >= 11 is 1.63. The van der Waals surface area contributed by atoms with Crippen LogP contribution >= 0.6 is 11.3 Å². The molecule has 0 aromatic carbocycles. The molecule has 7 heteroatoms. The van der Waals surface area contributed by atoms with Gasteiger partial charge in [0.1, 0.15) is 0 Å². The minimum absolute atomic E-state index is 0.0689. The maximum Gasteiger partial charge on any atom is 0.314 e. The fraction of sp³-hybridized carbons (Fsp3) is 0.545. The van der Waals surface area contributed by atoms with Crippen LogP contribution in [0.5, 0.6) is 0 Å². The lowest BCUT2D eigenvalue weighted by molar-refractivity contribution is -0.136. The Morgan fingerprint density at radius 1 is 1.28 bits per heavy atom. The molecule has 0 bridgehead atoms. The monoisotopic (exact) mass is 271 g/mol. The number of aryl methyl sites for hydroxylation is 2. The lowest BCUT2D eigenvalue weighted by Crippen LogP contribution is -2.37. The van der Waals surface area contributed by atoms with Crippen molar-refractivity contribution < 1.29 is 14.7 Å². The molecular formula is C11H17N3O3S. The van der Waals surface area contributed by atoms with Crippen molar-refractivity contribution in [2.24, 2.45) is 0 Å². The predicted octanol–water partition coefficient (Wildman–Crippen LogP) is 1.08. The van der Waals surface area contributed by atoms with Crippen LogP contribution in [0, 0.1) is 13.8 Å². The van der Waals surface area contributed by atoms with Gasteiger partial charge in [-0.15, -0.1) is 11.3 Å². The van der Waals surface area contributed by atoms with Crippen molar-refractivity contribution in [1.29, 1.82) is 0 Å². The quantitative estimate of drug-likeness (QED) is 0.722. The van der Waals surface area contributed by atoms with Gasteiger partial charge in [-0.25, -0.2) is 9.78 Å². The molecule has 100 valence electrons. The Kier molecular flexibility index (Phi) is 5.57. The number of nitrogens with zero attached hydrogens (tertiary/aromatic N) is 1. The van der Waals surface area contributed by atoms with E-state index < -0.39 is 5.97 Å². The number of carbonyl (C=O) groups is 2. The summed E-state index contributed by atoms with van der Waals surface area (Å²) in [5.74, 6) is -0.925. The number of urea groups is 1. The van der Waals surface area contributed by atoms with Crippen molar-refractivity contribution in [2.45, 2.75) is 26.7 Å². The first kappa shape index (κ1) is 14.4. The second kappa shape index (κ2) is 6.95. The van der Waals surface area contributed by atoms with Crippen LogP contribution in [0.4, 0.5) is 4.79 Å². The average Bonchev–Trinajstić information content (AvgIpc) is 2.57. The molecule has 0 aliphatic carbocycles. The third kappa shape index (κ3) is 5.13. The number of carbonyl (C=O) groups excluding carboxylic acids is 1. The molecule has 0 atom stereocenters. The number of rotatable bonds is 6. The molecule has 0 saturated carbocycles. The molecule has 0 aliphatic rings. The molecule has 0 fully saturated rings. The number of aromatic nitrogens is 1. The van der Waals surface area contributed by atoms with Crippen molar-refractivity contribution in [3.63, 3.8) is 0 Å². The molecule has 2 amide bonds. The minimum Gasteiger partial charge on any atom is -0.481 e. The smallest absolute Gasteiger partial charge is 0.314 e. The Bertz CT molecular complexity index is 431. The van der Waals surface area contributed by atoms with Crippen LogP contribution in [0.25, 0.3) is 0 Å². The van der Waals surface area contributed by atoms with Gasteiger partial charge in [-0.2, -0.15) is 0 Å². The van der Waals surface area contributed by atoms with Crippen molar-refractivity contribution in [1.82, 2.24) is 15.6 Å². The lowest BCUT2D eigenvalue weighted by Gasteiger charge is -2.05. The average molecular weight is 271 g/mol. The largest absolute Gasteiger partial charge is 0.481 e. The number of carboxylic acid groups (broad SMARTS) is 1. The molecule has 1 rings (SSSR count). The Hall–Kier alpha value is -1.63. The highest BCUT2D eigenvalue weighted by atomic mass is 32.1. The summed E-state index contributed by atoms with van der Waals surface area (Å²) in [6.07, 6.45) is 0.671. The zero-order valence-electron chi connectivity index (χ0n) is 10.4. The zero-order valence-corrected chi connectivity index (χ0v) is 11.3. The van der Waals surface area contributed by atoms with Gasteiger partial charge in [0.25, 0.3) is 0 Å². The van der Waals surface area contributed by atoms with E-state index in [1.54, 1.807) is 11.3 Å². The predicted molar refractivity (Wildman–Crippen MR) is 68.9 cm³/mol. The maximum absolute atomic E-state index is 11.3. The molecule has 0 spiro atoms. The summed E-state index contributed by atoms with van der Waals surface area (Å²) in [4.78, 5) is 27.0. The molecule has 6 nitrogen and oxygen atoms in total. The molecule has 1 aromatic heterocycles. The summed E-state index contributed by atoms with van der Waals surface area (Å²) in [6.45, 7) is 4.56. The van der Waals surface area contributed by atoms with Crippen molar-refractivity contribution in [3.8, 4) is 0 Å². The van der Waals surface area contributed by atoms with Crippen LogP contribution in [-0.2, 0) is 11.2 Å². The Morgan fingerprint density at radius 3 is 2.50 bits per heavy atom. The van der Waals surface area contributed by atoms with Crippen molar-refractivity contribution in [3.05, 3.63) is 15.6 Å². The zero-order chi connectivity index (χ0) is 13.5. The highest BCUT2D eigenvalue weighted by molar-refractivity contribution is 7.11. The minimum atomic E-state index is -0.925. The Labute approximate surface area is 109 Å². The van der Waals surface area contributed by atoms with E-state index in [4.69, 9.17) is 5.11 Å². The van der Waals surface area contributed by atoms with E-state index in [2.05, 4.69) is 15.6 Å². The summed E-state index contributed by atoms with van der Waals surface area (Å²) in [7, 11) is 0. The first-order valence-electron chi connectivity index (χ1n) is 5.65. The van der Waals surface area contributed by atoms with Gasteiger partial charge in [-0.3, -0.25) is 4.79 Å². The molecule has 0 aliphatic heterocycles. The standard InChI is InChI=1S/C11H17N3O3S/c1-7-9(18-8(2)14-7)3-5-12-11(17)13-6-4-10(15)16/h3-6H2,1-2H3,(H,15,16)(H2,12,13,17). The van der Waals surface area contributed by atoms with Crippen LogP contribution in [-0.4, -0.2) is 35.2 Å². The molecule has 3 N–H and O–H groups in total. The van der Waals surface area contributed by atoms with Gasteiger partial charge in [0, 0.05) is 24.4 Å². The third-order valence-corrected chi connectivity index (χ3v) is 3.39. The van der Waals surface area contributed by atoms with Gasteiger partial charge in [0.05, 0.1) is 17.1 Å². The molecule has 1 aromatic rings. The van der Waals surface area contributed by atoms with Gasteiger partial charge in [0.15, 0.2) is 0 Å². The first-order valence-corrected chi connectivity index (χ1v) is 6.47. The van der Waals surface area contributed by atoms with Crippen LogP contribution in [0.15, 0.2) is 0 Å². The number of hydrogen-bond acceptors (Lipinski definition) is 4. The summed E-state index contributed by atoms with van der Waals surface area (Å²) < 4.78 is 0. The number of carboxylic acids is 1. The van der Waals surface area contributed by atoms with E-state index in [0.29, 0.717) is 6.54 Å². The highest BCUT2D eigenvalue weighted by Crippen LogP contribution is 2.16. The van der Waals surface area contributed by atoms with Crippen molar-refractivity contribution >= 4 is 23.3 Å². The second-order valence-electron chi connectivity index (χ2n) is 3.82. The van der Waals surface area contributed by atoms with Gasteiger partial charge >= 0.3 is 12.0 Å². The Morgan fingerprint density at radius 2 is 1.94 bits per heavy atom. The second-order valence-corrected chi connectivity index (χ2v) is 5.11. The van der Waals surface area contributed by atoms with Crippen molar-refractivity contribution in [2.75, 3.05) is 13.1 Å². The van der Waals surface area contributed by atoms with Gasteiger partial charge in [-0.05, 0) is 13.8 Å². The topological polar surface area (TPSA) is 91.3 Å². The number of aliphatic carboxylic acids is 1. The number of hydrogen-bond donors (Lipinski definition) is 3. The van der Waals surface area contributed by atoms with E-state index in [9.17, 15) is 9.59 Å². The normalized spacial score (nSPS) is 10.1. The van der Waals surface area contributed by atoms with Gasteiger partial charge in [0.2, 0.25) is 0 Å². The first-order chi connectivity index (χ1) is 8.49. The highest BCUT2D eigenvalue weighted by Gasteiger charge is 2.06. The molecule has 1 heterocycles. The van der Waals surface area contributed by atoms with E-state index in [0.717, 1.165) is 17.1 Å². The number of nitrogens with one attached hydrogen (secondary N) is 2.